The van der Waals surface area contributed by atoms with Gasteiger partial charge in [-0.15, -0.1) is 11.3 Å². The smallest absolute Gasteiger partial charge is 0.225 e. The first-order valence-electron chi connectivity index (χ1n) is 8.90. The molecule has 2 aromatic heterocycles. The lowest BCUT2D eigenvalue weighted by atomic mass is 10.1. The molecule has 3 rings (SSSR count). The van der Waals surface area contributed by atoms with E-state index in [2.05, 4.69) is 22.2 Å². The number of hydrogen-bond donors (Lipinski definition) is 1. The van der Waals surface area contributed by atoms with Crippen LogP contribution in [0, 0.1) is 19.8 Å². The second-order valence-corrected chi connectivity index (χ2v) is 7.96. The highest BCUT2D eigenvalue weighted by Gasteiger charge is 2.33. The van der Waals surface area contributed by atoms with Crippen LogP contribution in [0.2, 0.25) is 0 Å². The summed E-state index contributed by atoms with van der Waals surface area (Å²) in [5.74, 6) is -0.244. The standard InChI is InChI=1S/C19H24N4O2S/c1-13-14(2)26-17(22-13)4-3-7-21-19(25)16-10-18(24)23(12-16)11-15-5-8-20-9-6-15/h5-6,8-9,16H,3-4,7,10-12H2,1-2H3,(H,21,25)/t16-/m1/s1. The molecule has 2 amide bonds. The minimum Gasteiger partial charge on any atom is -0.356 e. The molecule has 1 aliphatic heterocycles. The molecule has 0 unspecified atom stereocenters. The fourth-order valence-electron chi connectivity index (χ4n) is 3.05. The SMILES string of the molecule is Cc1nc(CCCNC(=O)[C@@H]2CC(=O)N(Cc3ccncc3)C2)sc1C. The normalized spacial score (nSPS) is 16.9. The number of rotatable bonds is 7. The van der Waals surface area contributed by atoms with Crippen LogP contribution >= 0.6 is 11.3 Å². The van der Waals surface area contributed by atoms with Crippen molar-refractivity contribution in [1.82, 2.24) is 20.2 Å². The summed E-state index contributed by atoms with van der Waals surface area (Å²) in [6.45, 7) is 5.73. The minimum absolute atomic E-state index is 0.0259. The molecule has 0 aromatic carbocycles. The molecule has 138 valence electrons. The third-order valence-electron chi connectivity index (χ3n) is 4.65. The maximum atomic E-state index is 12.3. The van der Waals surface area contributed by atoms with E-state index < -0.39 is 0 Å². The Balaban J connectivity index is 1.41. The summed E-state index contributed by atoms with van der Waals surface area (Å²) in [7, 11) is 0. The third kappa shape index (κ3) is 4.66. The molecule has 1 aliphatic rings. The van der Waals surface area contributed by atoms with Crippen molar-refractivity contribution in [2.45, 2.75) is 39.7 Å². The molecule has 0 bridgehead atoms. The number of hydrogen-bond acceptors (Lipinski definition) is 5. The highest BCUT2D eigenvalue weighted by molar-refractivity contribution is 7.11. The fourth-order valence-corrected chi connectivity index (χ4v) is 4.03. The van der Waals surface area contributed by atoms with E-state index in [-0.39, 0.29) is 17.7 Å². The molecule has 1 saturated heterocycles. The number of amides is 2. The largest absolute Gasteiger partial charge is 0.356 e. The first kappa shape index (κ1) is 18.5. The molecular weight excluding hydrogens is 348 g/mol. The lowest BCUT2D eigenvalue weighted by molar-refractivity contribution is -0.129. The highest BCUT2D eigenvalue weighted by Crippen LogP contribution is 2.20. The molecule has 7 heteroatoms. The molecule has 3 heterocycles. The van der Waals surface area contributed by atoms with E-state index in [1.165, 1.54) is 4.88 Å². The van der Waals surface area contributed by atoms with Crippen molar-refractivity contribution >= 4 is 23.2 Å². The van der Waals surface area contributed by atoms with Crippen molar-refractivity contribution in [3.05, 3.63) is 45.7 Å². The monoisotopic (exact) mass is 372 g/mol. The molecule has 0 aliphatic carbocycles. The molecule has 0 radical (unpaired) electrons. The number of nitrogens with zero attached hydrogens (tertiary/aromatic N) is 3. The predicted molar refractivity (Wildman–Crippen MR) is 101 cm³/mol. The van der Waals surface area contributed by atoms with E-state index in [1.807, 2.05) is 19.1 Å². The van der Waals surface area contributed by atoms with Crippen molar-refractivity contribution in [1.29, 1.82) is 0 Å². The van der Waals surface area contributed by atoms with Crippen molar-refractivity contribution in [3.63, 3.8) is 0 Å². The zero-order valence-electron chi connectivity index (χ0n) is 15.2. The fraction of sp³-hybridized carbons (Fsp3) is 0.474. The molecule has 6 nitrogen and oxygen atoms in total. The summed E-state index contributed by atoms with van der Waals surface area (Å²) in [6, 6.07) is 3.78. The Hall–Kier alpha value is -2.28. The van der Waals surface area contributed by atoms with E-state index in [9.17, 15) is 9.59 Å². The Labute approximate surface area is 157 Å². The van der Waals surface area contributed by atoms with Crippen molar-refractivity contribution in [2.75, 3.05) is 13.1 Å². The van der Waals surface area contributed by atoms with Gasteiger partial charge in [0.25, 0.3) is 0 Å². The summed E-state index contributed by atoms with van der Waals surface area (Å²) in [4.78, 5) is 36.0. The van der Waals surface area contributed by atoms with Gasteiger partial charge >= 0.3 is 0 Å². The van der Waals surface area contributed by atoms with Crippen LogP contribution in [-0.2, 0) is 22.6 Å². The van der Waals surface area contributed by atoms with E-state index in [0.717, 1.165) is 29.1 Å². The molecule has 0 saturated carbocycles. The Morgan fingerprint density at radius 2 is 2.12 bits per heavy atom. The van der Waals surface area contributed by atoms with Crippen LogP contribution < -0.4 is 5.32 Å². The molecule has 1 atom stereocenters. The number of carbonyl (C=O) groups is 2. The maximum absolute atomic E-state index is 12.3. The number of aryl methyl sites for hydroxylation is 3. The molecule has 1 fully saturated rings. The van der Waals surface area contributed by atoms with Crippen LogP contribution in [0.1, 0.15) is 34.0 Å². The average Bonchev–Trinajstić information content (AvgIpc) is 3.15. The number of likely N-dealkylation sites (tertiary alicyclic amines) is 1. The van der Waals surface area contributed by atoms with Gasteiger partial charge in [-0.3, -0.25) is 14.6 Å². The minimum atomic E-state index is -0.256. The molecule has 26 heavy (non-hydrogen) atoms. The Kier molecular flexibility index (Phi) is 5.98. The summed E-state index contributed by atoms with van der Waals surface area (Å²) < 4.78 is 0. The summed E-state index contributed by atoms with van der Waals surface area (Å²) in [5.41, 5.74) is 2.12. The first-order chi connectivity index (χ1) is 12.5. The van der Waals surface area contributed by atoms with E-state index in [4.69, 9.17) is 0 Å². The lowest BCUT2D eigenvalue weighted by Gasteiger charge is -2.16. The number of pyridine rings is 1. The van der Waals surface area contributed by atoms with Gasteiger partial charge in [-0.2, -0.15) is 0 Å². The van der Waals surface area contributed by atoms with Crippen LogP contribution in [0.5, 0.6) is 0 Å². The number of aromatic nitrogens is 2. The van der Waals surface area contributed by atoms with Crippen molar-refractivity contribution < 1.29 is 9.59 Å². The van der Waals surface area contributed by atoms with Gasteiger partial charge in [0.15, 0.2) is 0 Å². The Bertz CT molecular complexity index is 756. The van der Waals surface area contributed by atoms with Crippen LogP contribution in [0.25, 0.3) is 0 Å². The highest BCUT2D eigenvalue weighted by atomic mass is 32.1. The molecule has 0 spiro atoms. The van der Waals surface area contributed by atoms with Crippen LogP contribution in [0.15, 0.2) is 24.5 Å². The summed E-state index contributed by atoms with van der Waals surface area (Å²) in [6.07, 6.45) is 5.45. The molecule has 2 aromatic rings. The van der Waals surface area contributed by atoms with Crippen molar-refractivity contribution in [2.24, 2.45) is 5.92 Å². The summed E-state index contributed by atoms with van der Waals surface area (Å²) >= 11 is 1.72. The van der Waals surface area contributed by atoms with Gasteiger partial charge in [0.05, 0.1) is 16.6 Å². The number of nitrogens with one attached hydrogen (secondary N) is 1. The zero-order valence-corrected chi connectivity index (χ0v) is 16.0. The lowest BCUT2D eigenvalue weighted by Crippen LogP contribution is -2.33. The second-order valence-electron chi connectivity index (χ2n) is 6.67. The maximum Gasteiger partial charge on any atom is 0.225 e. The molecular formula is C19H24N4O2S. The van der Waals surface area contributed by atoms with Crippen LogP contribution in [-0.4, -0.2) is 39.8 Å². The number of thiazole rings is 1. The van der Waals surface area contributed by atoms with Gasteiger partial charge in [0, 0.05) is 49.7 Å². The van der Waals surface area contributed by atoms with E-state index in [0.29, 0.717) is 26.1 Å². The van der Waals surface area contributed by atoms with Crippen LogP contribution in [0.4, 0.5) is 0 Å². The van der Waals surface area contributed by atoms with Gasteiger partial charge in [0.2, 0.25) is 11.8 Å². The Morgan fingerprint density at radius 1 is 1.35 bits per heavy atom. The quantitative estimate of drug-likeness (QED) is 0.757. The van der Waals surface area contributed by atoms with Gasteiger partial charge in [-0.25, -0.2) is 4.98 Å². The van der Waals surface area contributed by atoms with Gasteiger partial charge in [-0.1, -0.05) is 0 Å². The van der Waals surface area contributed by atoms with Gasteiger partial charge in [-0.05, 0) is 38.0 Å². The third-order valence-corrected chi connectivity index (χ3v) is 5.78. The number of carbonyl (C=O) groups excluding carboxylic acids is 2. The topological polar surface area (TPSA) is 75.2 Å². The zero-order chi connectivity index (χ0) is 18.5. The first-order valence-corrected chi connectivity index (χ1v) is 9.72. The Morgan fingerprint density at radius 3 is 2.81 bits per heavy atom. The predicted octanol–water partition coefficient (Wildman–Crippen LogP) is 2.25. The second kappa shape index (κ2) is 8.40. The van der Waals surface area contributed by atoms with Gasteiger partial charge < -0.3 is 10.2 Å². The van der Waals surface area contributed by atoms with E-state index >= 15 is 0 Å². The van der Waals surface area contributed by atoms with Crippen molar-refractivity contribution in [3.8, 4) is 0 Å². The van der Waals surface area contributed by atoms with Gasteiger partial charge in [0.1, 0.15) is 0 Å². The summed E-state index contributed by atoms with van der Waals surface area (Å²) in [5, 5.41) is 4.09. The van der Waals surface area contributed by atoms with E-state index in [1.54, 1.807) is 28.6 Å². The molecule has 1 N–H and O–H groups in total. The van der Waals surface area contributed by atoms with Crippen LogP contribution in [0.3, 0.4) is 0 Å². The average molecular weight is 372 g/mol.